The lowest BCUT2D eigenvalue weighted by atomic mass is 10.2. The molecule has 5 rings (SSSR count). The SMILES string of the molecule is Brc1ccc(-c2nnc(CSc3nnc(-c4ccc5c(c4)OCO5)o3)o2)cc1. The van der Waals surface area contributed by atoms with E-state index in [1.54, 1.807) is 0 Å². The molecule has 0 radical (unpaired) electrons. The Labute approximate surface area is 171 Å². The minimum atomic E-state index is 0.218. The van der Waals surface area contributed by atoms with Crippen LogP contribution in [0.3, 0.4) is 0 Å². The molecule has 140 valence electrons. The molecule has 0 fully saturated rings. The van der Waals surface area contributed by atoms with Crippen molar-refractivity contribution in [1.82, 2.24) is 20.4 Å². The number of ether oxygens (including phenoxy) is 2. The Morgan fingerprint density at radius 2 is 1.57 bits per heavy atom. The molecule has 1 aliphatic rings. The van der Waals surface area contributed by atoms with E-state index in [1.807, 2.05) is 42.5 Å². The molecule has 3 heterocycles. The van der Waals surface area contributed by atoms with E-state index in [9.17, 15) is 0 Å². The molecule has 0 amide bonds. The average Bonchev–Trinajstić information content (AvgIpc) is 3.46. The summed E-state index contributed by atoms with van der Waals surface area (Å²) < 4.78 is 23.1. The van der Waals surface area contributed by atoms with E-state index < -0.39 is 0 Å². The molecule has 28 heavy (non-hydrogen) atoms. The van der Waals surface area contributed by atoms with Crippen molar-refractivity contribution in [3.63, 3.8) is 0 Å². The van der Waals surface area contributed by atoms with Gasteiger partial charge in [0.2, 0.25) is 24.5 Å². The van der Waals surface area contributed by atoms with Gasteiger partial charge in [-0.25, -0.2) is 0 Å². The van der Waals surface area contributed by atoms with Crippen molar-refractivity contribution >= 4 is 27.7 Å². The van der Waals surface area contributed by atoms with Gasteiger partial charge in [0.05, 0.1) is 5.75 Å². The highest BCUT2D eigenvalue weighted by Crippen LogP contribution is 2.36. The van der Waals surface area contributed by atoms with Gasteiger partial charge in [-0.1, -0.05) is 27.7 Å². The molecule has 2 aromatic heterocycles. The lowest BCUT2D eigenvalue weighted by molar-refractivity contribution is 0.174. The normalized spacial score (nSPS) is 12.5. The minimum absolute atomic E-state index is 0.218. The Morgan fingerprint density at radius 3 is 2.46 bits per heavy atom. The van der Waals surface area contributed by atoms with Crippen LogP contribution >= 0.6 is 27.7 Å². The number of rotatable bonds is 5. The summed E-state index contributed by atoms with van der Waals surface area (Å²) >= 11 is 4.73. The van der Waals surface area contributed by atoms with Gasteiger partial charge in [0.15, 0.2) is 11.5 Å². The number of nitrogens with zero attached hydrogens (tertiary/aromatic N) is 4. The number of benzene rings is 2. The summed E-state index contributed by atoms with van der Waals surface area (Å²) in [5.41, 5.74) is 1.62. The predicted octanol–water partition coefficient (Wildman–Crippen LogP) is 4.57. The van der Waals surface area contributed by atoms with E-state index in [0.29, 0.717) is 40.1 Å². The van der Waals surface area contributed by atoms with Gasteiger partial charge in [-0.3, -0.25) is 0 Å². The van der Waals surface area contributed by atoms with Gasteiger partial charge < -0.3 is 18.3 Å². The van der Waals surface area contributed by atoms with Gasteiger partial charge >= 0.3 is 0 Å². The van der Waals surface area contributed by atoms with E-state index in [1.165, 1.54) is 11.8 Å². The molecular weight excluding hydrogens is 448 g/mol. The van der Waals surface area contributed by atoms with E-state index in [0.717, 1.165) is 15.6 Å². The molecule has 0 unspecified atom stereocenters. The molecule has 0 atom stereocenters. The predicted molar refractivity (Wildman–Crippen MR) is 103 cm³/mol. The molecule has 4 aromatic rings. The van der Waals surface area contributed by atoms with E-state index in [-0.39, 0.29) is 6.79 Å². The summed E-state index contributed by atoms with van der Waals surface area (Å²) in [5.74, 6) is 3.14. The number of halogens is 1. The minimum Gasteiger partial charge on any atom is -0.454 e. The fraction of sp³-hybridized carbons (Fsp3) is 0.111. The Morgan fingerprint density at radius 1 is 0.821 bits per heavy atom. The lowest BCUT2D eigenvalue weighted by Gasteiger charge is -1.97. The van der Waals surface area contributed by atoms with Gasteiger partial charge in [-0.15, -0.1) is 20.4 Å². The average molecular weight is 459 g/mol. The first-order chi connectivity index (χ1) is 13.7. The number of hydrogen-bond donors (Lipinski definition) is 0. The summed E-state index contributed by atoms with van der Waals surface area (Å²) in [7, 11) is 0. The Kier molecular flexibility index (Phi) is 4.49. The highest BCUT2D eigenvalue weighted by Gasteiger charge is 2.17. The molecule has 0 aliphatic carbocycles. The summed E-state index contributed by atoms with van der Waals surface area (Å²) in [6.07, 6.45) is 0. The third kappa shape index (κ3) is 3.48. The summed E-state index contributed by atoms with van der Waals surface area (Å²) in [5, 5.41) is 16.7. The lowest BCUT2D eigenvalue weighted by Crippen LogP contribution is -1.92. The molecule has 8 nitrogen and oxygen atoms in total. The third-order valence-corrected chi connectivity index (χ3v) is 5.24. The highest BCUT2D eigenvalue weighted by atomic mass is 79.9. The smallest absolute Gasteiger partial charge is 0.277 e. The second kappa shape index (κ2) is 7.28. The molecule has 0 spiro atoms. The zero-order valence-corrected chi connectivity index (χ0v) is 16.6. The van der Waals surface area contributed by atoms with Crippen LogP contribution in [0.4, 0.5) is 0 Å². The second-order valence-corrected chi connectivity index (χ2v) is 7.58. The maximum absolute atomic E-state index is 5.71. The maximum atomic E-state index is 5.71. The molecule has 0 bridgehead atoms. The monoisotopic (exact) mass is 458 g/mol. The molecule has 0 saturated carbocycles. The van der Waals surface area contributed by atoms with Crippen LogP contribution in [-0.4, -0.2) is 27.2 Å². The van der Waals surface area contributed by atoms with Gasteiger partial charge in [-0.2, -0.15) is 0 Å². The van der Waals surface area contributed by atoms with Crippen molar-refractivity contribution in [3.8, 4) is 34.4 Å². The summed E-state index contributed by atoms with van der Waals surface area (Å²) in [6, 6.07) is 13.1. The fourth-order valence-corrected chi connectivity index (χ4v) is 3.42. The molecule has 0 N–H and O–H groups in total. The first-order valence-corrected chi connectivity index (χ1v) is 9.97. The second-order valence-electron chi connectivity index (χ2n) is 5.74. The standard InChI is InChI=1S/C18H11BrN4O4S/c19-12-4-1-10(2-5-12)16-21-20-15(26-16)8-28-18-23-22-17(27-18)11-3-6-13-14(7-11)25-9-24-13/h1-7H,8-9H2. The van der Waals surface area contributed by atoms with Crippen LogP contribution in [0.15, 0.2) is 61.0 Å². The van der Waals surface area contributed by atoms with Crippen LogP contribution < -0.4 is 9.47 Å². The van der Waals surface area contributed by atoms with Gasteiger partial charge in [0, 0.05) is 15.6 Å². The van der Waals surface area contributed by atoms with Gasteiger partial charge in [-0.05, 0) is 42.5 Å². The number of thioether (sulfide) groups is 1. The van der Waals surface area contributed by atoms with Gasteiger partial charge in [0.25, 0.3) is 5.22 Å². The van der Waals surface area contributed by atoms with Crippen LogP contribution in [0.5, 0.6) is 11.5 Å². The summed E-state index contributed by atoms with van der Waals surface area (Å²) in [4.78, 5) is 0. The quantitative estimate of drug-likeness (QED) is 0.398. The first kappa shape index (κ1) is 17.3. The molecule has 10 heteroatoms. The van der Waals surface area contributed by atoms with E-state index in [2.05, 4.69) is 36.3 Å². The Bertz CT molecular complexity index is 1130. The fourth-order valence-electron chi connectivity index (χ4n) is 2.56. The number of fused-ring (bicyclic) bond motifs is 1. The Hall–Kier alpha value is -2.85. The van der Waals surface area contributed by atoms with Crippen LogP contribution in [-0.2, 0) is 5.75 Å². The Balaban J connectivity index is 1.26. The van der Waals surface area contributed by atoms with Crippen LogP contribution in [0.1, 0.15) is 5.89 Å². The van der Waals surface area contributed by atoms with Crippen LogP contribution in [0.25, 0.3) is 22.9 Å². The molecule has 1 aliphatic heterocycles. The number of hydrogen-bond acceptors (Lipinski definition) is 9. The molecule has 0 saturated heterocycles. The van der Waals surface area contributed by atoms with Crippen molar-refractivity contribution in [2.24, 2.45) is 0 Å². The first-order valence-electron chi connectivity index (χ1n) is 8.19. The van der Waals surface area contributed by atoms with Gasteiger partial charge in [0.1, 0.15) is 0 Å². The zero-order chi connectivity index (χ0) is 18.9. The largest absolute Gasteiger partial charge is 0.454 e. The van der Waals surface area contributed by atoms with Crippen molar-refractivity contribution in [1.29, 1.82) is 0 Å². The topological polar surface area (TPSA) is 96.3 Å². The summed E-state index contributed by atoms with van der Waals surface area (Å²) in [6.45, 7) is 0.218. The van der Waals surface area contributed by atoms with Crippen LogP contribution in [0, 0.1) is 0 Å². The molecule has 2 aromatic carbocycles. The zero-order valence-electron chi connectivity index (χ0n) is 14.2. The maximum Gasteiger partial charge on any atom is 0.277 e. The van der Waals surface area contributed by atoms with Crippen LogP contribution in [0.2, 0.25) is 0 Å². The van der Waals surface area contributed by atoms with Crippen molar-refractivity contribution in [3.05, 3.63) is 52.8 Å². The van der Waals surface area contributed by atoms with E-state index in [4.69, 9.17) is 18.3 Å². The molecular formula is C18H11BrN4O4S. The highest BCUT2D eigenvalue weighted by molar-refractivity contribution is 9.10. The van der Waals surface area contributed by atoms with E-state index >= 15 is 0 Å². The van der Waals surface area contributed by atoms with Crippen molar-refractivity contribution < 1.29 is 18.3 Å². The van der Waals surface area contributed by atoms with Crippen molar-refractivity contribution in [2.75, 3.05) is 6.79 Å². The third-order valence-electron chi connectivity index (χ3n) is 3.90. The van der Waals surface area contributed by atoms with Crippen molar-refractivity contribution in [2.45, 2.75) is 11.0 Å². The number of aromatic nitrogens is 4.